The second-order valence-electron chi connectivity index (χ2n) is 4.42. The molecule has 1 saturated carbocycles. The smallest absolute Gasteiger partial charge is 0.125 e. The van der Waals surface area contributed by atoms with Crippen molar-refractivity contribution in [3.63, 3.8) is 0 Å². The Bertz CT molecular complexity index is 332. The van der Waals surface area contributed by atoms with E-state index in [2.05, 4.69) is 0 Å². The summed E-state index contributed by atoms with van der Waals surface area (Å²) in [5.41, 5.74) is 6.71. The highest BCUT2D eigenvalue weighted by atomic mass is 16.5. The molecule has 3 N–H and O–H groups in total. The molecular weight excluding hydrogens is 202 g/mol. The van der Waals surface area contributed by atoms with Gasteiger partial charge < -0.3 is 15.6 Å². The summed E-state index contributed by atoms with van der Waals surface area (Å²) in [6.07, 6.45) is 4.35. The van der Waals surface area contributed by atoms with Crippen LogP contribution in [0.1, 0.15) is 31.2 Å². The van der Waals surface area contributed by atoms with Gasteiger partial charge in [-0.15, -0.1) is 0 Å². The topological polar surface area (TPSA) is 55.5 Å². The fourth-order valence-electron chi connectivity index (χ4n) is 2.14. The fraction of sp³-hybridized carbons (Fsp3) is 0.538. The van der Waals surface area contributed by atoms with Gasteiger partial charge in [0.2, 0.25) is 0 Å². The summed E-state index contributed by atoms with van der Waals surface area (Å²) in [5.74, 6) is 0.811. The Hall–Kier alpha value is -1.06. The maximum absolute atomic E-state index is 9.19. The molecule has 2 rings (SSSR count). The number of para-hydroxylation sites is 1. The predicted octanol–water partition coefficient (Wildman–Crippen LogP) is 1.83. The van der Waals surface area contributed by atoms with Crippen LogP contribution in [0.25, 0.3) is 0 Å². The molecule has 0 bridgehead atoms. The normalized spacial score (nSPS) is 25.4. The van der Waals surface area contributed by atoms with Crippen molar-refractivity contribution in [1.82, 2.24) is 0 Å². The molecule has 1 aliphatic carbocycles. The molecule has 0 amide bonds. The van der Waals surface area contributed by atoms with Gasteiger partial charge in [0.25, 0.3) is 0 Å². The molecule has 3 heteroatoms. The summed E-state index contributed by atoms with van der Waals surface area (Å²) in [6.45, 7) is 0.0302. The van der Waals surface area contributed by atoms with Gasteiger partial charge in [-0.3, -0.25) is 0 Å². The minimum absolute atomic E-state index is 0.0302. The first kappa shape index (κ1) is 11.4. The number of hydrogen-bond donors (Lipinski definition) is 2. The third kappa shape index (κ3) is 2.74. The summed E-state index contributed by atoms with van der Waals surface area (Å²) in [6, 6.07) is 8.00. The van der Waals surface area contributed by atoms with Gasteiger partial charge in [-0.1, -0.05) is 18.2 Å². The third-order valence-electron chi connectivity index (χ3n) is 3.16. The zero-order valence-corrected chi connectivity index (χ0v) is 9.43. The molecule has 0 saturated heterocycles. The van der Waals surface area contributed by atoms with Crippen LogP contribution in [-0.4, -0.2) is 17.3 Å². The number of hydrogen-bond acceptors (Lipinski definition) is 3. The molecule has 0 aromatic heterocycles. The molecule has 1 fully saturated rings. The Morgan fingerprint density at radius 3 is 2.56 bits per heavy atom. The maximum atomic E-state index is 9.19. The van der Waals surface area contributed by atoms with Crippen molar-refractivity contribution in [2.45, 2.75) is 44.4 Å². The van der Waals surface area contributed by atoms with Crippen LogP contribution in [0.3, 0.4) is 0 Å². The molecule has 0 spiro atoms. The van der Waals surface area contributed by atoms with Gasteiger partial charge in [0.05, 0.1) is 12.7 Å². The van der Waals surface area contributed by atoms with Crippen molar-refractivity contribution in [3.8, 4) is 5.75 Å². The molecule has 88 valence electrons. The zero-order valence-electron chi connectivity index (χ0n) is 9.43. The van der Waals surface area contributed by atoms with E-state index in [4.69, 9.17) is 10.5 Å². The minimum atomic E-state index is 0.0302. The van der Waals surface area contributed by atoms with E-state index >= 15 is 0 Å². The second-order valence-corrected chi connectivity index (χ2v) is 4.42. The van der Waals surface area contributed by atoms with E-state index in [0.29, 0.717) is 6.04 Å². The van der Waals surface area contributed by atoms with Gasteiger partial charge in [-0.25, -0.2) is 0 Å². The molecular formula is C13H19NO2. The Labute approximate surface area is 96.2 Å². The van der Waals surface area contributed by atoms with Crippen LogP contribution in [0.2, 0.25) is 0 Å². The van der Waals surface area contributed by atoms with E-state index < -0.39 is 0 Å². The highest BCUT2D eigenvalue weighted by Gasteiger charge is 2.20. The van der Waals surface area contributed by atoms with Crippen LogP contribution in [0, 0.1) is 0 Å². The van der Waals surface area contributed by atoms with E-state index in [9.17, 15) is 5.11 Å². The Kier molecular flexibility index (Phi) is 3.80. The number of nitrogens with two attached hydrogens (primary N) is 1. The van der Waals surface area contributed by atoms with Crippen LogP contribution in [0.5, 0.6) is 5.75 Å². The van der Waals surface area contributed by atoms with Crippen LogP contribution >= 0.6 is 0 Å². The van der Waals surface area contributed by atoms with Crippen LogP contribution in [0.15, 0.2) is 24.3 Å². The van der Waals surface area contributed by atoms with Gasteiger partial charge in [0.1, 0.15) is 5.75 Å². The molecule has 0 atom stereocenters. The van der Waals surface area contributed by atoms with E-state index in [1.807, 2.05) is 24.3 Å². The zero-order chi connectivity index (χ0) is 11.4. The summed E-state index contributed by atoms with van der Waals surface area (Å²) in [5, 5.41) is 9.19. The van der Waals surface area contributed by atoms with E-state index in [1.165, 1.54) is 0 Å². The molecule has 0 unspecified atom stereocenters. The molecule has 0 radical (unpaired) electrons. The highest BCUT2D eigenvalue weighted by Crippen LogP contribution is 2.25. The predicted molar refractivity (Wildman–Crippen MR) is 63.2 cm³/mol. The maximum Gasteiger partial charge on any atom is 0.125 e. The first-order valence-corrected chi connectivity index (χ1v) is 5.90. The summed E-state index contributed by atoms with van der Waals surface area (Å²) in [4.78, 5) is 0. The van der Waals surface area contributed by atoms with Crippen LogP contribution < -0.4 is 10.5 Å². The largest absolute Gasteiger partial charge is 0.490 e. The van der Waals surface area contributed by atoms with Crippen molar-refractivity contribution in [2.24, 2.45) is 5.73 Å². The average molecular weight is 221 g/mol. The number of rotatable bonds is 3. The highest BCUT2D eigenvalue weighted by molar-refractivity contribution is 5.32. The minimum Gasteiger partial charge on any atom is -0.490 e. The molecule has 0 aliphatic heterocycles. The molecule has 0 heterocycles. The summed E-state index contributed by atoms with van der Waals surface area (Å²) in [7, 11) is 0. The SMILES string of the molecule is NC1CCC(Oc2ccccc2CO)CC1. The Morgan fingerprint density at radius 2 is 1.88 bits per heavy atom. The number of aliphatic hydroxyl groups excluding tert-OH is 1. The number of benzene rings is 1. The monoisotopic (exact) mass is 221 g/mol. The van der Waals surface area contributed by atoms with Crippen molar-refractivity contribution >= 4 is 0 Å². The standard InChI is InChI=1S/C13H19NO2/c14-11-5-7-12(8-6-11)16-13-4-2-1-3-10(13)9-15/h1-4,11-12,15H,5-9,14H2. The lowest BCUT2D eigenvalue weighted by molar-refractivity contribution is 0.142. The van der Waals surface area contributed by atoms with Gasteiger partial charge in [0, 0.05) is 11.6 Å². The van der Waals surface area contributed by atoms with Gasteiger partial charge >= 0.3 is 0 Å². The van der Waals surface area contributed by atoms with Gasteiger partial charge in [0.15, 0.2) is 0 Å². The second kappa shape index (κ2) is 5.32. The number of ether oxygens (including phenoxy) is 1. The summed E-state index contributed by atoms with van der Waals surface area (Å²) >= 11 is 0. The third-order valence-corrected chi connectivity index (χ3v) is 3.16. The molecule has 1 aromatic rings. The lowest BCUT2D eigenvalue weighted by atomic mass is 9.93. The molecule has 16 heavy (non-hydrogen) atoms. The lowest BCUT2D eigenvalue weighted by Crippen LogP contribution is -2.31. The first-order chi connectivity index (χ1) is 7.79. The van der Waals surface area contributed by atoms with Crippen molar-refractivity contribution < 1.29 is 9.84 Å². The fourth-order valence-corrected chi connectivity index (χ4v) is 2.14. The molecule has 1 aromatic carbocycles. The molecule has 1 aliphatic rings. The van der Waals surface area contributed by atoms with Crippen molar-refractivity contribution in [2.75, 3.05) is 0 Å². The molecule has 3 nitrogen and oxygen atoms in total. The van der Waals surface area contributed by atoms with Crippen LogP contribution in [-0.2, 0) is 6.61 Å². The Morgan fingerprint density at radius 1 is 1.19 bits per heavy atom. The van der Waals surface area contributed by atoms with E-state index in [-0.39, 0.29) is 12.7 Å². The van der Waals surface area contributed by atoms with Crippen molar-refractivity contribution in [1.29, 1.82) is 0 Å². The van der Waals surface area contributed by atoms with Gasteiger partial charge in [-0.2, -0.15) is 0 Å². The van der Waals surface area contributed by atoms with E-state index in [0.717, 1.165) is 37.0 Å². The quantitative estimate of drug-likeness (QED) is 0.818. The van der Waals surface area contributed by atoms with Crippen LogP contribution in [0.4, 0.5) is 0 Å². The van der Waals surface area contributed by atoms with Crippen molar-refractivity contribution in [3.05, 3.63) is 29.8 Å². The van der Waals surface area contributed by atoms with E-state index in [1.54, 1.807) is 0 Å². The number of aliphatic hydroxyl groups is 1. The van der Waals surface area contributed by atoms with Gasteiger partial charge in [-0.05, 0) is 31.7 Å². The lowest BCUT2D eigenvalue weighted by Gasteiger charge is -2.27. The Balaban J connectivity index is 1.98. The average Bonchev–Trinajstić information content (AvgIpc) is 2.33. The first-order valence-electron chi connectivity index (χ1n) is 5.90. The summed E-state index contributed by atoms with van der Waals surface area (Å²) < 4.78 is 5.91.